The molecule has 4 heteroatoms. The Morgan fingerprint density at radius 3 is 2.53 bits per heavy atom. The maximum Gasteiger partial charge on any atom is 0.137 e. The minimum Gasteiger partial charge on any atom is -0.495 e. The molecule has 0 aliphatic heterocycles. The monoisotopic (exact) mass is 290 g/mol. The number of rotatable bonds is 3. The highest BCUT2D eigenvalue weighted by Crippen LogP contribution is 2.36. The molecule has 0 fully saturated rings. The first-order valence-corrected chi connectivity index (χ1v) is 5.59. The Labute approximate surface area is 103 Å². The summed E-state index contributed by atoms with van der Waals surface area (Å²) in [5.74, 6) is 0.574. The largest absolute Gasteiger partial charge is 0.495 e. The quantitative estimate of drug-likeness (QED) is 0.796. The summed E-state index contributed by atoms with van der Waals surface area (Å²) >= 11 is 9.34. The zero-order valence-electron chi connectivity index (χ0n) is 8.80. The molecule has 0 saturated carbocycles. The van der Waals surface area contributed by atoms with Gasteiger partial charge in [0, 0.05) is 9.89 Å². The van der Waals surface area contributed by atoms with Crippen molar-refractivity contribution < 1.29 is 9.53 Å². The fourth-order valence-corrected chi connectivity index (χ4v) is 2.47. The molecule has 0 unspecified atom stereocenters. The highest BCUT2D eigenvalue weighted by atomic mass is 79.9. The Bertz CT molecular complexity index is 388. The predicted octanol–water partition coefficient (Wildman–Crippen LogP) is 3.59. The van der Waals surface area contributed by atoms with Crippen molar-refractivity contribution in [2.24, 2.45) is 0 Å². The Hall–Kier alpha value is -0.540. The van der Waals surface area contributed by atoms with Crippen molar-refractivity contribution in [1.29, 1.82) is 0 Å². The number of benzene rings is 1. The van der Waals surface area contributed by atoms with Crippen molar-refractivity contribution in [2.75, 3.05) is 7.11 Å². The van der Waals surface area contributed by atoms with E-state index in [9.17, 15) is 4.79 Å². The highest BCUT2D eigenvalue weighted by Gasteiger charge is 2.23. The first-order chi connectivity index (χ1) is 6.92. The molecule has 0 bridgehead atoms. The third-order valence-electron chi connectivity index (χ3n) is 2.23. The van der Waals surface area contributed by atoms with E-state index in [1.54, 1.807) is 19.2 Å². The SMILES string of the molecule is COc1cc(C(C)(C)C=O)c(Br)cc1Cl. The Balaban J connectivity index is 3.36. The summed E-state index contributed by atoms with van der Waals surface area (Å²) in [6.07, 6.45) is 0.903. The van der Waals surface area contributed by atoms with Crippen LogP contribution in [0.2, 0.25) is 5.02 Å². The van der Waals surface area contributed by atoms with E-state index in [0.29, 0.717) is 10.8 Å². The molecule has 1 rings (SSSR count). The first kappa shape index (κ1) is 12.5. The Kier molecular flexibility index (Phi) is 3.79. The van der Waals surface area contributed by atoms with Crippen molar-refractivity contribution >= 4 is 33.8 Å². The van der Waals surface area contributed by atoms with Crippen molar-refractivity contribution in [3.8, 4) is 5.75 Å². The van der Waals surface area contributed by atoms with Crippen LogP contribution in [0.5, 0.6) is 5.75 Å². The van der Waals surface area contributed by atoms with Crippen LogP contribution in [0.1, 0.15) is 19.4 Å². The second-order valence-corrected chi connectivity index (χ2v) is 5.07. The van der Waals surface area contributed by atoms with E-state index in [1.165, 1.54) is 0 Å². The van der Waals surface area contributed by atoms with E-state index in [0.717, 1.165) is 16.3 Å². The second kappa shape index (κ2) is 4.54. The summed E-state index contributed by atoms with van der Waals surface area (Å²) in [5.41, 5.74) is 0.301. The molecule has 82 valence electrons. The lowest BCUT2D eigenvalue weighted by Crippen LogP contribution is -2.19. The molecule has 15 heavy (non-hydrogen) atoms. The lowest BCUT2D eigenvalue weighted by molar-refractivity contribution is -0.111. The van der Waals surface area contributed by atoms with Crippen LogP contribution in [0.15, 0.2) is 16.6 Å². The van der Waals surface area contributed by atoms with Gasteiger partial charge in [0.25, 0.3) is 0 Å². The van der Waals surface area contributed by atoms with Crippen molar-refractivity contribution in [2.45, 2.75) is 19.3 Å². The van der Waals surface area contributed by atoms with E-state index >= 15 is 0 Å². The molecule has 0 heterocycles. The molecular weight excluding hydrogens is 279 g/mol. The molecule has 0 aliphatic rings. The Morgan fingerprint density at radius 2 is 2.07 bits per heavy atom. The van der Waals surface area contributed by atoms with Gasteiger partial charge in [-0.1, -0.05) is 27.5 Å². The normalized spacial score (nSPS) is 11.3. The zero-order valence-corrected chi connectivity index (χ0v) is 11.1. The minimum atomic E-state index is -0.559. The molecule has 0 aliphatic carbocycles. The molecule has 0 spiro atoms. The summed E-state index contributed by atoms with van der Waals surface area (Å²) in [5, 5.41) is 0.523. The number of halogens is 2. The van der Waals surface area contributed by atoms with E-state index in [2.05, 4.69) is 15.9 Å². The summed E-state index contributed by atoms with van der Waals surface area (Å²) in [7, 11) is 1.55. The number of ether oxygens (including phenoxy) is 1. The number of methoxy groups -OCH3 is 1. The highest BCUT2D eigenvalue weighted by molar-refractivity contribution is 9.10. The summed E-state index contributed by atoms with van der Waals surface area (Å²) in [6, 6.07) is 3.52. The number of carbonyl (C=O) groups is 1. The van der Waals surface area contributed by atoms with Crippen LogP contribution < -0.4 is 4.74 Å². The summed E-state index contributed by atoms with van der Waals surface area (Å²) in [4.78, 5) is 11.0. The van der Waals surface area contributed by atoms with Gasteiger partial charge >= 0.3 is 0 Å². The molecule has 0 radical (unpaired) electrons. The summed E-state index contributed by atoms with van der Waals surface area (Å²) in [6.45, 7) is 3.68. The Morgan fingerprint density at radius 1 is 1.47 bits per heavy atom. The maximum absolute atomic E-state index is 11.0. The van der Waals surface area contributed by atoms with Gasteiger partial charge < -0.3 is 9.53 Å². The first-order valence-electron chi connectivity index (χ1n) is 4.42. The van der Waals surface area contributed by atoms with Gasteiger partial charge in [-0.05, 0) is 31.5 Å². The third kappa shape index (κ3) is 2.52. The van der Waals surface area contributed by atoms with E-state index in [4.69, 9.17) is 16.3 Å². The van der Waals surface area contributed by atoms with Crippen LogP contribution in [0.4, 0.5) is 0 Å². The van der Waals surface area contributed by atoms with Gasteiger partial charge in [-0.15, -0.1) is 0 Å². The third-order valence-corrected chi connectivity index (χ3v) is 3.18. The average Bonchev–Trinajstić information content (AvgIpc) is 2.17. The fourth-order valence-electron chi connectivity index (χ4n) is 1.24. The van der Waals surface area contributed by atoms with Gasteiger partial charge in [-0.3, -0.25) is 0 Å². The van der Waals surface area contributed by atoms with Gasteiger partial charge in [0.1, 0.15) is 12.0 Å². The van der Waals surface area contributed by atoms with Gasteiger partial charge in [-0.2, -0.15) is 0 Å². The van der Waals surface area contributed by atoms with Crippen LogP contribution in [0.25, 0.3) is 0 Å². The number of carbonyl (C=O) groups excluding carboxylic acids is 1. The second-order valence-electron chi connectivity index (χ2n) is 3.81. The maximum atomic E-state index is 11.0. The summed E-state index contributed by atoms with van der Waals surface area (Å²) < 4.78 is 5.92. The molecular formula is C11H12BrClO2. The minimum absolute atomic E-state index is 0.523. The number of aldehydes is 1. The smallest absolute Gasteiger partial charge is 0.137 e. The van der Waals surface area contributed by atoms with E-state index in [1.807, 2.05) is 13.8 Å². The van der Waals surface area contributed by atoms with Crippen molar-refractivity contribution in [3.05, 3.63) is 27.2 Å². The lowest BCUT2D eigenvalue weighted by Gasteiger charge is -2.20. The van der Waals surface area contributed by atoms with Gasteiger partial charge in [0.05, 0.1) is 12.1 Å². The molecule has 0 N–H and O–H groups in total. The fraction of sp³-hybridized carbons (Fsp3) is 0.364. The molecule has 0 aromatic heterocycles. The molecule has 0 saturated heterocycles. The molecule has 0 atom stereocenters. The van der Waals surface area contributed by atoms with Crippen LogP contribution in [0, 0.1) is 0 Å². The number of hydrogen-bond donors (Lipinski definition) is 0. The van der Waals surface area contributed by atoms with Crippen LogP contribution >= 0.6 is 27.5 Å². The molecule has 2 nitrogen and oxygen atoms in total. The van der Waals surface area contributed by atoms with Crippen LogP contribution in [0.3, 0.4) is 0 Å². The predicted molar refractivity (Wildman–Crippen MR) is 64.8 cm³/mol. The van der Waals surface area contributed by atoms with Crippen molar-refractivity contribution in [3.63, 3.8) is 0 Å². The van der Waals surface area contributed by atoms with Crippen molar-refractivity contribution in [1.82, 2.24) is 0 Å². The number of hydrogen-bond acceptors (Lipinski definition) is 2. The topological polar surface area (TPSA) is 26.3 Å². The zero-order chi connectivity index (χ0) is 11.6. The van der Waals surface area contributed by atoms with Gasteiger partial charge in [0.2, 0.25) is 0 Å². The van der Waals surface area contributed by atoms with Crippen LogP contribution in [-0.2, 0) is 10.2 Å². The van der Waals surface area contributed by atoms with Crippen LogP contribution in [-0.4, -0.2) is 13.4 Å². The molecule has 1 aromatic carbocycles. The van der Waals surface area contributed by atoms with E-state index < -0.39 is 5.41 Å². The lowest BCUT2D eigenvalue weighted by atomic mass is 9.86. The van der Waals surface area contributed by atoms with Gasteiger partial charge in [0.15, 0.2) is 0 Å². The standard InChI is InChI=1S/C11H12BrClO2/c1-11(2,6-14)7-4-10(15-3)9(13)5-8(7)12/h4-6H,1-3H3. The van der Waals surface area contributed by atoms with E-state index in [-0.39, 0.29) is 0 Å². The average molecular weight is 292 g/mol. The van der Waals surface area contributed by atoms with Gasteiger partial charge in [-0.25, -0.2) is 0 Å². The molecule has 0 amide bonds. The molecule has 1 aromatic rings.